The Morgan fingerprint density at radius 2 is 1.59 bits per heavy atom. The van der Waals surface area contributed by atoms with Crippen LogP contribution >= 0.6 is 0 Å². The van der Waals surface area contributed by atoms with Gasteiger partial charge in [-0.05, 0) is 61.4 Å². The predicted octanol–water partition coefficient (Wildman–Crippen LogP) is 8.02. The number of fused-ring (bicyclic) bond motifs is 1. The van der Waals surface area contributed by atoms with Crippen LogP contribution in [0.25, 0.3) is 22.0 Å². The van der Waals surface area contributed by atoms with Crippen LogP contribution in [0.2, 0.25) is 0 Å². The molecule has 8 nitrogen and oxygen atoms in total. The van der Waals surface area contributed by atoms with Crippen molar-refractivity contribution in [3.63, 3.8) is 0 Å². The molecule has 0 unspecified atom stereocenters. The Morgan fingerprint density at radius 3 is 2.23 bits per heavy atom. The van der Waals surface area contributed by atoms with Gasteiger partial charge in [0, 0.05) is 54.6 Å². The molecule has 0 bridgehead atoms. The highest BCUT2D eigenvalue weighted by Crippen LogP contribution is 2.31. The average Bonchev–Trinajstić information content (AvgIpc) is 3.33. The molecule has 11 heteroatoms. The molecule has 2 aromatic carbocycles. The number of nitrogens with one attached hydrogen (secondary N) is 2. The van der Waals surface area contributed by atoms with Gasteiger partial charge in [0.15, 0.2) is 0 Å². The van der Waals surface area contributed by atoms with Gasteiger partial charge in [-0.25, -0.2) is 4.98 Å². The van der Waals surface area contributed by atoms with E-state index in [9.17, 15) is 22.8 Å². The summed E-state index contributed by atoms with van der Waals surface area (Å²) < 4.78 is 42.5. The van der Waals surface area contributed by atoms with Crippen LogP contribution in [0.5, 0.6) is 0 Å². The zero-order valence-electron chi connectivity index (χ0n) is 26.1. The molecule has 3 aromatic heterocycles. The zero-order chi connectivity index (χ0) is 32.8. The molecule has 3 heterocycles. The molecule has 0 aliphatic heterocycles. The monoisotopic (exact) mass is 606 g/mol. The molecular formula is C33H37F3N6O2. The van der Waals surface area contributed by atoms with Crippen LogP contribution in [0.3, 0.4) is 0 Å². The Bertz CT molecular complexity index is 1840. The maximum Gasteiger partial charge on any atom is 0.416 e. The second-order valence-electron chi connectivity index (χ2n) is 9.53. The number of hydrogen-bond donors (Lipinski definition) is 2. The molecule has 232 valence electrons. The van der Waals surface area contributed by atoms with E-state index in [0.29, 0.717) is 28.1 Å². The third-order valence-corrected chi connectivity index (χ3v) is 6.60. The summed E-state index contributed by atoms with van der Waals surface area (Å²) in [6.45, 7) is 11.7. The van der Waals surface area contributed by atoms with E-state index in [4.69, 9.17) is 0 Å². The van der Waals surface area contributed by atoms with E-state index >= 15 is 0 Å². The summed E-state index contributed by atoms with van der Waals surface area (Å²) in [5.74, 6) is 0.611. The number of pyridine rings is 2. The lowest BCUT2D eigenvalue weighted by Gasteiger charge is -2.14. The van der Waals surface area contributed by atoms with Crippen molar-refractivity contribution in [2.45, 2.75) is 47.7 Å². The first-order valence-corrected chi connectivity index (χ1v) is 14.3. The zero-order valence-corrected chi connectivity index (χ0v) is 26.1. The van der Waals surface area contributed by atoms with Gasteiger partial charge in [0.1, 0.15) is 11.6 Å². The normalized spacial score (nSPS) is 10.8. The van der Waals surface area contributed by atoms with Gasteiger partial charge in [-0.15, -0.1) is 0 Å². The highest BCUT2D eigenvalue weighted by atomic mass is 19.4. The van der Waals surface area contributed by atoms with Crippen molar-refractivity contribution < 1.29 is 18.0 Å². The fourth-order valence-electron chi connectivity index (χ4n) is 4.51. The van der Waals surface area contributed by atoms with E-state index in [0.717, 1.165) is 34.6 Å². The number of carbonyl (C=O) groups excluding carboxylic acids is 1. The fraction of sp³-hybridized carbons (Fsp3) is 0.273. The first kappa shape index (κ1) is 33.6. The molecule has 0 aliphatic rings. The number of benzene rings is 2. The van der Waals surface area contributed by atoms with Gasteiger partial charge < -0.3 is 15.2 Å². The summed E-state index contributed by atoms with van der Waals surface area (Å²) in [5.41, 5.74) is 2.32. The van der Waals surface area contributed by atoms with Crippen LogP contribution in [-0.2, 0) is 20.3 Å². The van der Waals surface area contributed by atoms with Crippen molar-refractivity contribution in [1.82, 2.24) is 19.3 Å². The number of halogens is 3. The number of aryl methyl sites for hydroxylation is 4. The van der Waals surface area contributed by atoms with Crippen molar-refractivity contribution in [3.8, 4) is 11.1 Å². The number of amides is 1. The Balaban J connectivity index is 0.00000127. The minimum Gasteiger partial charge on any atom is -0.325 e. The van der Waals surface area contributed by atoms with Gasteiger partial charge in [0.25, 0.3) is 11.5 Å². The maximum absolute atomic E-state index is 13.5. The van der Waals surface area contributed by atoms with E-state index in [-0.39, 0.29) is 11.1 Å². The Morgan fingerprint density at radius 1 is 0.886 bits per heavy atom. The molecule has 44 heavy (non-hydrogen) atoms. The molecule has 0 radical (unpaired) electrons. The van der Waals surface area contributed by atoms with Crippen molar-refractivity contribution >= 4 is 34.1 Å². The minimum atomic E-state index is -4.56. The third-order valence-electron chi connectivity index (χ3n) is 6.60. The van der Waals surface area contributed by atoms with Gasteiger partial charge in [-0.1, -0.05) is 39.8 Å². The first-order valence-electron chi connectivity index (χ1n) is 14.3. The summed E-state index contributed by atoms with van der Waals surface area (Å²) in [4.78, 5) is 30.7. The minimum absolute atomic E-state index is 0.129. The molecule has 0 aliphatic carbocycles. The molecule has 0 saturated heterocycles. The maximum atomic E-state index is 13.5. The fourth-order valence-corrected chi connectivity index (χ4v) is 4.51. The Labute approximate surface area is 254 Å². The molecule has 5 aromatic rings. The van der Waals surface area contributed by atoms with Gasteiger partial charge in [0.05, 0.1) is 16.8 Å². The smallest absolute Gasteiger partial charge is 0.325 e. The summed E-state index contributed by atoms with van der Waals surface area (Å²) in [5, 5.41) is 10.9. The van der Waals surface area contributed by atoms with Crippen LogP contribution < -0.4 is 16.2 Å². The molecule has 0 atom stereocenters. The summed E-state index contributed by atoms with van der Waals surface area (Å²) >= 11 is 0. The van der Waals surface area contributed by atoms with E-state index in [2.05, 4.69) is 20.7 Å². The molecular weight excluding hydrogens is 569 g/mol. The standard InChI is InChI=1S/C29H25F3N6O2.2C2H6/c1-16-8-9-21(34-27(39)18-6-5-7-20(11-18)29(30,31)32)13-22(16)23-12-19-15-33-25(14-24(19)37(3)28(23)40)35-26-10-17(2)36-38(26)4;2*1-2/h5-15H,1-4H3,(H,33,35)(H,34,39);2*1-2H3. The van der Waals surface area contributed by atoms with Gasteiger partial charge in [0.2, 0.25) is 0 Å². The highest BCUT2D eigenvalue weighted by molar-refractivity contribution is 6.04. The second-order valence-corrected chi connectivity index (χ2v) is 9.53. The molecule has 0 fully saturated rings. The lowest BCUT2D eigenvalue weighted by atomic mass is 9.99. The molecule has 0 spiro atoms. The van der Waals surface area contributed by atoms with Gasteiger partial charge in [-0.3, -0.25) is 14.3 Å². The first-order chi connectivity index (χ1) is 20.9. The van der Waals surface area contributed by atoms with Crippen molar-refractivity contribution in [2.24, 2.45) is 14.1 Å². The average molecular weight is 607 g/mol. The highest BCUT2D eigenvalue weighted by Gasteiger charge is 2.31. The molecule has 5 rings (SSSR count). The van der Waals surface area contributed by atoms with Crippen LogP contribution in [-0.4, -0.2) is 25.2 Å². The van der Waals surface area contributed by atoms with Gasteiger partial charge in [-0.2, -0.15) is 18.3 Å². The van der Waals surface area contributed by atoms with E-state index < -0.39 is 17.6 Å². The second kappa shape index (κ2) is 14.0. The largest absolute Gasteiger partial charge is 0.416 e. The predicted molar refractivity (Wildman–Crippen MR) is 170 cm³/mol. The van der Waals surface area contributed by atoms with Crippen molar-refractivity contribution in [3.05, 3.63) is 99.6 Å². The topological polar surface area (TPSA) is 93.8 Å². The van der Waals surface area contributed by atoms with Crippen molar-refractivity contribution in [2.75, 3.05) is 10.6 Å². The molecule has 1 amide bonds. The summed E-state index contributed by atoms with van der Waals surface area (Å²) in [6.07, 6.45) is -2.90. The molecule has 0 saturated carbocycles. The summed E-state index contributed by atoms with van der Waals surface area (Å²) in [7, 11) is 3.48. The Kier molecular flexibility index (Phi) is 10.7. The number of alkyl halides is 3. The number of carbonyl (C=O) groups is 1. The van der Waals surface area contributed by atoms with E-state index in [1.165, 1.54) is 16.7 Å². The number of anilines is 3. The van der Waals surface area contributed by atoms with Crippen LogP contribution in [0.15, 0.2) is 71.7 Å². The van der Waals surface area contributed by atoms with Crippen LogP contribution in [0, 0.1) is 13.8 Å². The van der Waals surface area contributed by atoms with E-state index in [1.807, 2.05) is 54.7 Å². The molecule has 2 N–H and O–H groups in total. The number of rotatable bonds is 5. The lowest BCUT2D eigenvalue weighted by molar-refractivity contribution is -0.137. The van der Waals surface area contributed by atoms with Crippen molar-refractivity contribution in [1.29, 1.82) is 0 Å². The SMILES string of the molecule is CC.CC.Cc1cc(Nc2cc3c(cn2)cc(-c2cc(NC(=O)c4cccc(C(F)(F)F)c4)ccc2C)c(=O)n3C)n(C)n1. The van der Waals surface area contributed by atoms with Crippen LogP contribution in [0.4, 0.5) is 30.5 Å². The summed E-state index contributed by atoms with van der Waals surface area (Å²) in [6, 6.07) is 14.6. The quantitative estimate of drug-likeness (QED) is 0.211. The number of nitrogens with zero attached hydrogens (tertiary/aromatic N) is 4. The van der Waals surface area contributed by atoms with Gasteiger partial charge >= 0.3 is 6.18 Å². The lowest BCUT2D eigenvalue weighted by Crippen LogP contribution is -2.19. The van der Waals surface area contributed by atoms with E-state index in [1.54, 1.807) is 48.3 Å². The Hall–Kier alpha value is -4.93. The van der Waals surface area contributed by atoms with Crippen LogP contribution in [0.1, 0.15) is 54.9 Å². The number of hydrogen-bond acceptors (Lipinski definition) is 5. The number of aromatic nitrogens is 4. The third kappa shape index (κ3) is 7.34.